The molecule has 0 N–H and O–H groups in total. The number of nitriles is 5. The van der Waals surface area contributed by atoms with Crippen molar-refractivity contribution < 1.29 is 0 Å². The van der Waals surface area contributed by atoms with Crippen LogP contribution in [0.2, 0.25) is 0 Å². The smallest absolute Gasteiger partial charge is 0.101 e. The van der Waals surface area contributed by atoms with Crippen molar-refractivity contribution in [2.24, 2.45) is 0 Å². The van der Waals surface area contributed by atoms with E-state index in [9.17, 15) is 26.3 Å². The second-order valence-corrected chi connectivity index (χ2v) is 17.5. The Balaban J connectivity index is 1.15. The van der Waals surface area contributed by atoms with Gasteiger partial charge in [0.1, 0.15) is 6.07 Å². The molecule has 0 spiro atoms. The van der Waals surface area contributed by atoms with E-state index in [1.165, 1.54) is 0 Å². The molecular formula is C64H34N8. The quantitative estimate of drug-likeness (QED) is 0.156. The first-order chi connectivity index (χ1) is 35.5. The van der Waals surface area contributed by atoms with Crippen molar-refractivity contribution in [1.82, 2.24) is 14.1 Å². The maximum absolute atomic E-state index is 11.4. The van der Waals surface area contributed by atoms with Crippen molar-refractivity contribution in [1.29, 1.82) is 26.3 Å². The van der Waals surface area contributed by atoms with Gasteiger partial charge in [-0.2, -0.15) is 26.3 Å². The van der Waals surface area contributed by atoms with Crippen LogP contribution >= 0.6 is 0 Å². The number of benzene rings is 9. The van der Waals surface area contributed by atoms with Gasteiger partial charge >= 0.3 is 0 Å². The minimum Gasteiger partial charge on any atom is -0.309 e. The highest BCUT2D eigenvalue weighted by Crippen LogP contribution is 2.44. The second kappa shape index (κ2) is 17.4. The van der Waals surface area contributed by atoms with Gasteiger partial charge in [0, 0.05) is 39.5 Å². The Bertz CT molecular complexity index is 4230. The number of fused-ring (bicyclic) bond motifs is 6. The van der Waals surface area contributed by atoms with Crippen LogP contribution in [-0.4, -0.2) is 14.1 Å². The fraction of sp³-hybridized carbons (Fsp3) is 0. The molecular weight excluding hydrogens is 881 g/mol. The van der Waals surface area contributed by atoms with Crippen molar-refractivity contribution in [2.75, 3.05) is 0 Å². The number of hydrogen-bond donors (Lipinski definition) is 0. The number of hydrogen-bond acceptors (Lipinski definition) is 6. The zero-order valence-electron chi connectivity index (χ0n) is 38.2. The molecule has 12 aromatic rings. The third kappa shape index (κ3) is 6.84. The second-order valence-electron chi connectivity index (χ2n) is 17.5. The lowest BCUT2D eigenvalue weighted by Gasteiger charge is -2.19. The summed E-state index contributed by atoms with van der Waals surface area (Å²) in [6.07, 6.45) is 3.53. The lowest BCUT2D eigenvalue weighted by molar-refractivity contribution is 1.13. The molecule has 0 fully saturated rings. The predicted molar refractivity (Wildman–Crippen MR) is 284 cm³/mol. The summed E-state index contributed by atoms with van der Waals surface area (Å²) in [5.74, 6) is 0. The van der Waals surface area contributed by atoms with Crippen LogP contribution in [0.5, 0.6) is 0 Å². The first kappa shape index (κ1) is 42.5. The first-order valence-electron chi connectivity index (χ1n) is 23.1. The average molecular weight is 915 g/mol. The van der Waals surface area contributed by atoms with E-state index >= 15 is 0 Å². The largest absolute Gasteiger partial charge is 0.309 e. The summed E-state index contributed by atoms with van der Waals surface area (Å²) < 4.78 is 4.34. The lowest BCUT2D eigenvalue weighted by Crippen LogP contribution is -2.04. The molecule has 3 heterocycles. The minimum absolute atomic E-state index is 0.425. The molecule has 8 nitrogen and oxygen atoms in total. The van der Waals surface area contributed by atoms with E-state index in [-0.39, 0.29) is 0 Å². The Labute approximate surface area is 413 Å². The Morgan fingerprint density at radius 2 is 0.597 bits per heavy atom. The summed E-state index contributed by atoms with van der Waals surface area (Å²) in [5.41, 5.74) is 16.1. The Morgan fingerprint density at radius 3 is 0.931 bits per heavy atom. The van der Waals surface area contributed by atoms with Crippen LogP contribution in [0.4, 0.5) is 0 Å². The van der Waals surface area contributed by atoms with Crippen LogP contribution < -0.4 is 0 Å². The van der Waals surface area contributed by atoms with Crippen LogP contribution in [0.25, 0.3) is 111 Å². The Hall–Kier alpha value is -10.8. The van der Waals surface area contributed by atoms with E-state index in [2.05, 4.69) is 99.1 Å². The van der Waals surface area contributed by atoms with Crippen molar-refractivity contribution in [2.45, 2.75) is 0 Å². The number of rotatable bonds is 7. The lowest BCUT2D eigenvalue weighted by atomic mass is 9.96. The van der Waals surface area contributed by atoms with Crippen molar-refractivity contribution in [3.05, 3.63) is 234 Å². The normalized spacial score (nSPS) is 11.0. The molecule has 12 rings (SSSR count). The molecule has 0 amide bonds. The minimum atomic E-state index is 0.425. The number of pyridine rings is 1. The standard InChI is InChI=1S/C64H34N8/c65-35-45-9-1-5-13-50(45)41-17-21-59-55(29-41)56-30-42(51-14-6-2-10-46(51)36-66)18-22-60(56)71(59)63-34-54(40-25-27-70-28-26-40)64(33-49(63)39-69)72-61-23-19-43(52-15-7-3-11-47(52)37-67)31-57(61)58-32-44(20-24-62(58)72)53-16-8-4-12-48(53)38-68/h1-34H. The van der Waals surface area contributed by atoms with Gasteiger partial charge in [0.15, 0.2) is 0 Å². The van der Waals surface area contributed by atoms with Crippen LogP contribution in [-0.2, 0) is 0 Å². The fourth-order valence-corrected chi connectivity index (χ4v) is 10.4. The van der Waals surface area contributed by atoms with Gasteiger partial charge in [0.2, 0.25) is 0 Å². The van der Waals surface area contributed by atoms with Gasteiger partial charge in [-0.05, 0) is 147 Å². The van der Waals surface area contributed by atoms with E-state index in [0.29, 0.717) is 33.5 Å². The maximum atomic E-state index is 11.4. The van der Waals surface area contributed by atoms with Gasteiger partial charge in [-0.1, -0.05) is 97.1 Å². The molecule has 0 aliphatic heterocycles. The number of aromatic nitrogens is 3. The van der Waals surface area contributed by atoms with Crippen molar-refractivity contribution in [3.63, 3.8) is 0 Å². The topological polar surface area (TPSA) is 142 Å². The first-order valence-corrected chi connectivity index (χ1v) is 23.1. The molecule has 0 saturated carbocycles. The van der Waals surface area contributed by atoms with Gasteiger partial charge in [-0.25, -0.2) is 0 Å². The highest BCUT2D eigenvalue weighted by molar-refractivity contribution is 6.14. The summed E-state index contributed by atoms with van der Waals surface area (Å²) >= 11 is 0. The van der Waals surface area contributed by atoms with Gasteiger partial charge in [0.25, 0.3) is 0 Å². The Kier molecular flexibility index (Phi) is 10.3. The third-order valence-electron chi connectivity index (χ3n) is 13.7. The highest BCUT2D eigenvalue weighted by atomic mass is 15.0. The molecule has 0 aliphatic rings. The molecule has 0 saturated heterocycles. The van der Waals surface area contributed by atoms with Crippen LogP contribution in [0.1, 0.15) is 27.8 Å². The summed E-state index contributed by atoms with van der Waals surface area (Å²) in [7, 11) is 0. The van der Waals surface area contributed by atoms with E-state index in [4.69, 9.17) is 0 Å². The summed E-state index contributed by atoms with van der Waals surface area (Å²) in [6, 6.07) is 75.2. The van der Waals surface area contributed by atoms with Gasteiger partial charge in [-0.3, -0.25) is 4.98 Å². The molecule has 9 aromatic carbocycles. The van der Waals surface area contributed by atoms with Gasteiger partial charge in [0.05, 0.1) is 85.5 Å². The van der Waals surface area contributed by atoms with Crippen LogP contribution in [0.3, 0.4) is 0 Å². The third-order valence-corrected chi connectivity index (χ3v) is 13.7. The molecule has 72 heavy (non-hydrogen) atoms. The molecule has 8 heteroatoms. The highest BCUT2D eigenvalue weighted by Gasteiger charge is 2.24. The van der Waals surface area contributed by atoms with E-state index < -0.39 is 0 Å². The molecule has 3 aromatic heterocycles. The van der Waals surface area contributed by atoms with Gasteiger partial charge < -0.3 is 9.13 Å². The van der Waals surface area contributed by atoms with E-state index in [0.717, 1.165) is 105 Å². The zero-order chi connectivity index (χ0) is 48.9. The van der Waals surface area contributed by atoms with Crippen molar-refractivity contribution >= 4 is 43.6 Å². The summed E-state index contributed by atoms with van der Waals surface area (Å²) in [4.78, 5) is 4.40. The molecule has 330 valence electrons. The monoisotopic (exact) mass is 914 g/mol. The Morgan fingerprint density at radius 1 is 0.278 bits per heavy atom. The van der Waals surface area contributed by atoms with E-state index in [1.807, 2.05) is 140 Å². The molecule has 0 radical (unpaired) electrons. The fourth-order valence-electron chi connectivity index (χ4n) is 10.4. The van der Waals surface area contributed by atoms with E-state index in [1.54, 1.807) is 12.4 Å². The maximum Gasteiger partial charge on any atom is 0.101 e. The van der Waals surface area contributed by atoms with Crippen LogP contribution in [0, 0.1) is 56.7 Å². The summed E-state index contributed by atoms with van der Waals surface area (Å²) in [5, 5.41) is 55.7. The van der Waals surface area contributed by atoms with Crippen LogP contribution in [0.15, 0.2) is 207 Å². The van der Waals surface area contributed by atoms with Crippen molar-refractivity contribution in [3.8, 4) is 97.4 Å². The molecule has 0 aliphatic carbocycles. The predicted octanol–water partition coefficient (Wildman–Crippen LogP) is 15.0. The zero-order valence-corrected chi connectivity index (χ0v) is 38.2. The average Bonchev–Trinajstić information content (AvgIpc) is 3.95. The van der Waals surface area contributed by atoms with Gasteiger partial charge in [-0.15, -0.1) is 0 Å². The molecule has 0 bridgehead atoms. The molecule has 0 atom stereocenters. The molecule has 0 unspecified atom stereocenters. The summed E-state index contributed by atoms with van der Waals surface area (Å²) in [6.45, 7) is 0. The number of nitrogens with zero attached hydrogens (tertiary/aromatic N) is 8. The SMILES string of the molecule is N#Cc1ccccc1-c1ccc2c(c1)c1cc(-c3ccccc3C#N)ccc1n2-c1cc(-c2ccncc2)c(-n2c3ccc(-c4ccccc4C#N)cc3c3cc(-c4ccccc4C#N)ccc32)cc1C#N.